The van der Waals surface area contributed by atoms with E-state index in [1.165, 1.54) is 0 Å². The summed E-state index contributed by atoms with van der Waals surface area (Å²) in [6, 6.07) is 9.96. The summed E-state index contributed by atoms with van der Waals surface area (Å²) in [5.41, 5.74) is 0. The minimum absolute atomic E-state index is 0.274. The molecule has 1 aromatic carbocycles. The molecule has 0 aliphatic carbocycles. The number of hydrogen-bond donors (Lipinski definition) is 0. The molecule has 0 bridgehead atoms. The van der Waals surface area contributed by atoms with E-state index in [-0.39, 0.29) is 5.92 Å². The van der Waals surface area contributed by atoms with Crippen LogP contribution < -0.4 is 5.30 Å². The molecule has 0 N–H and O–H groups in total. The van der Waals surface area contributed by atoms with Crippen LogP contribution in [-0.4, -0.2) is 7.11 Å². The van der Waals surface area contributed by atoms with Gasteiger partial charge in [-0.2, -0.15) is 0 Å². The molecule has 88 valence electrons. The highest BCUT2D eigenvalue weighted by molar-refractivity contribution is 7.93. The molecule has 0 spiro atoms. The van der Waals surface area contributed by atoms with Crippen molar-refractivity contribution >= 4 is 35.4 Å². The Balaban J connectivity index is 3.07. The quantitative estimate of drug-likeness (QED) is 0.574. The van der Waals surface area contributed by atoms with E-state index in [9.17, 15) is 0 Å². The van der Waals surface area contributed by atoms with Crippen molar-refractivity contribution in [1.82, 2.24) is 0 Å². The van der Waals surface area contributed by atoms with E-state index in [1.54, 1.807) is 7.11 Å². The van der Waals surface area contributed by atoms with Crippen molar-refractivity contribution in [1.29, 1.82) is 0 Å². The molecule has 1 nitrogen and oxygen atoms in total. The Kier molecular flexibility index (Phi) is 5.61. The number of rotatable bonds is 4. The zero-order chi connectivity index (χ0) is 12.1. The van der Waals surface area contributed by atoms with Gasteiger partial charge in [0.25, 0.3) is 0 Å². The van der Waals surface area contributed by atoms with Gasteiger partial charge in [0.2, 0.25) is 0 Å². The van der Waals surface area contributed by atoms with Gasteiger partial charge >= 0.3 is 0 Å². The Morgan fingerprint density at radius 3 is 2.25 bits per heavy atom. The molecule has 16 heavy (non-hydrogen) atoms. The Hall–Kier alpha value is -0.230. The van der Waals surface area contributed by atoms with Gasteiger partial charge in [0.1, 0.15) is 0 Å². The van der Waals surface area contributed by atoms with Crippen LogP contribution in [0, 0.1) is 5.92 Å². The van der Waals surface area contributed by atoms with E-state index in [4.69, 9.17) is 27.6 Å². The van der Waals surface area contributed by atoms with Gasteiger partial charge in [-0.15, -0.1) is 0 Å². The zero-order valence-electron chi connectivity index (χ0n) is 9.58. The van der Waals surface area contributed by atoms with Crippen LogP contribution in [0.25, 0.3) is 0 Å². The van der Waals surface area contributed by atoms with E-state index < -0.39 is 7.27 Å². The first kappa shape index (κ1) is 13.8. The molecule has 1 rings (SSSR count). The smallest absolute Gasteiger partial charge is 0.192 e. The van der Waals surface area contributed by atoms with Crippen molar-refractivity contribution in [3.63, 3.8) is 0 Å². The summed E-state index contributed by atoms with van der Waals surface area (Å²) in [5.74, 6) is 0.274. The number of halogens is 2. The highest BCUT2D eigenvalue weighted by Gasteiger charge is 2.21. The van der Waals surface area contributed by atoms with E-state index in [1.807, 2.05) is 30.3 Å². The van der Waals surface area contributed by atoms with Crippen LogP contribution in [0.15, 0.2) is 40.9 Å². The van der Waals surface area contributed by atoms with Gasteiger partial charge in [-0.25, -0.2) is 0 Å². The fourth-order valence-electron chi connectivity index (χ4n) is 1.33. The Labute approximate surface area is 108 Å². The summed E-state index contributed by atoms with van der Waals surface area (Å²) in [6.07, 6.45) is 0. The van der Waals surface area contributed by atoms with Crippen molar-refractivity contribution in [2.24, 2.45) is 5.92 Å². The van der Waals surface area contributed by atoms with Crippen molar-refractivity contribution in [3.8, 4) is 0 Å². The van der Waals surface area contributed by atoms with Crippen LogP contribution in [0.4, 0.5) is 0 Å². The van der Waals surface area contributed by atoms with Gasteiger partial charge in [-0.3, -0.25) is 0 Å². The molecule has 0 aliphatic heterocycles. The van der Waals surface area contributed by atoms with Gasteiger partial charge in [-0.05, 0) is 22.8 Å². The first-order chi connectivity index (χ1) is 7.57. The van der Waals surface area contributed by atoms with Crippen molar-refractivity contribution in [2.45, 2.75) is 13.8 Å². The molecule has 0 aliphatic rings. The number of benzene rings is 1. The van der Waals surface area contributed by atoms with Gasteiger partial charge in [0.15, 0.2) is 5.22 Å². The molecule has 0 fully saturated rings. The maximum Gasteiger partial charge on any atom is 0.192 e. The van der Waals surface area contributed by atoms with Gasteiger partial charge in [-0.1, -0.05) is 55.4 Å². The summed E-state index contributed by atoms with van der Waals surface area (Å²) in [5, 5.41) is 2.49. The largest absolute Gasteiger partial charge is 0.486 e. The normalized spacial score (nSPS) is 14.6. The predicted octanol–water partition coefficient (Wildman–Crippen LogP) is 4.66. The Morgan fingerprint density at radius 1 is 1.25 bits per heavy atom. The zero-order valence-corrected chi connectivity index (χ0v) is 12.0. The SMILES string of the molecule is CO/C(Cl)=C(/C(C)C)P(Cl)c1ccccc1. The van der Waals surface area contributed by atoms with Crippen LogP contribution >= 0.6 is 30.1 Å². The van der Waals surface area contributed by atoms with Crippen LogP contribution in [0.3, 0.4) is 0 Å². The third-order valence-corrected chi connectivity index (χ3v) is 5.64. The molecule has 0 radical (unpaired) electrons. The van der Waals surface area contributed by atoms with Gasteiger partial charge in [0.05, 0.1) is 14.4 Å². The lowest BCUT2D eigenvalue weighted by Crippen LogP contribution is -2.03. The molecular formula is C12H15Cl2OP. The maximum absolute atomic E-state index is 6.48. The Bertz CT molecular complexity index is 363. The molecule has 1 unspecified atom stereocenters. The van der Waals surface area contributed by atoms with Crippen LogP contribution in [0.5, 0.6) is 0 Å². The summed E-state index contributed by atoms with van der Waals surface area (Å²) >= 11 is 12.5. The number of ether oxygens (including phenoxy) is 1. The molecule has 0 heterocycles. The Morgan fingerprint density at radius 2 is 1.81 bits per heavy atom. The first-order valence-electron chi connectivity index (χ1n) is 5.02. The minimum atomic E-state index is -0.929. The third-order valence-electron chi connectivity index (χ3n) is 2.12. The molecule has 0 saturated heterocycles. The fourth-order valence-corrected chi connectivity index (χ4v) is 4.50. The topological polar surface area (TPSA) is 9.23 Å². The van der Waals surface area contributed by atoms with Crippen LogP contribution in [0.2, 0.25) is 0 Å². The lowest BCUT2D eigenvalue weighted by molar-refractivity contribution is 0.317. The average molecular weight is 277 g/mol. The van der Waals surface area contributed by atoms with Crippen LogP contribution in [-0.2, 0) is 4.74 Å². The number of allylic oxidation sites excluding steroid dienone is 1. The highest BCUT2D eigenvalue weighted by Crippen LogP contribution is 2.53. The van der Waals surface area contributed by atoms with Crippen molar-refractivity contribution in [3.05, 3.63) is 40.9 Å². The summed E-state index contributed by atoms with van der Waals surface area (Å²) in [4.78, 5) is 0. The van der Waals surface area contributed by atoms with Crippen molar-refractivity contribution in [2.75, 3.05) is 7.11 Å². The third kappa shape index (κ3) is 3.38. The van der Waals surface area contributed by atoms with E-state index in [0.717, 1.165) is 10.6 Å². The lowest BCUT2D eigenvalue weighted by Gasteiger charge is -2.19. The minimum Gasteiger partial charge on any atom is -0.486 e. The molecule has 1 atom stereocenters. The highest BCUT2D eigenvalue weighted by atomic mass is 35.7. The standard InChI is InChI=1S/C12H15Cl2OP/c1-9(2)11(12(13)15-3)16(14)10-7-5-4-6-8-10/h4-9H,1-3H3/b12-11-. The second-order valence-electron chi connectivity index (χ2n) is 3.63. The van der Waals surface area contributed by atoms with Crippen molar-refractivity contribution < 1.29 is 4.74 Å². The number of methoxy groups -OCH3 is 1. The molecule has 0 aromatic heterocycles. The summed E-state index contributed by atoms with van der Waals surface area (Å²) in [6.45, 7) is 4.13. The summed E-state index contributed by atoms with van der Waals surface area (Å²) in [7, 11) is 0.636. The molecule has 4 heteroatoms. The van der Waals surface area contributed by atoms with E-state index in [2.05, 4.69) is 13.8 Å². The monoisotopic (exact) mass is 276 g/mol. The maximum atomic E-state index is 6.48. The first-order valence-corrected chi connectivity index (χ1v) is 7.65. The van der Waals surface area contributed by atoms with Gasteiger partial charge < -0.3 is 4.74 Å². The molecule has 0 amide bonds. The second kappa shape index (κ2) is 6.49. The molecular weight excluding hydrogens is 262 g/mol. The second-order valence-corrected chi connectivity index (χ2v) is 6.55. The average Bonchev–Trinajstić information content (AvgIpc) is 2.29. The van der Waals surface area contributed by atoms with E-state index >= 15 is 0 Å². The van der Waals surface area contributed by atoms with Gasteiger partial charge in [0, 0.05) is 5.31 Å². The molecule has 1 aromatic rings. The van der Waals surface area contributed by atoms with E-state index in [0.29, 0.717) is 5.22 Å². The lowest BCUT2D eigenvalue weighted by atomic mass is 10.2. The summed E-state index contributed by atoms with van der Waals surface area (Å²) < 4.78 is 5.09. The fraction of sp³-hybridized carbons (Fsp3) is 0.333. The van der Waals surface area contributed by atoms with Crippen LogP contribution in [0.1, 0.15) is 13.8 Å². The molecule has 0 saturated carbocycles. The number of hydrogen-bond acceptors (Lipinski definition) is 1. The predicted molar refractivity (Wildman–Crippen MR) is 73.6 cm³/mol.